The second-order valence-corrected chi connectivity index (χ2v) is 4.77. The molecule has 0 bridgehead atoms. The minimum atomic E-state index is -0.805. The number of hydrogen-bond acceptors (Lipinski definition) is 3. The molecule has 3 N–H and O–H groups in total. The normalized spacial score (nSPS) is 10.1. The van der Waals surface area contributed by atoms with Gasteiger partial charge >= 0.3 is 0 Å². The van der Waals surface area contributed by atoms with Crippen molar-refractivity contribution in [1.82, 2.24) is 4.98 Å². The Labute approximate surface area is 117 Å². The predicted molar refractivity (Wildman–Crippen MR) is 75.7 cm³/mol. The maximum absolute atomic E-state index is 13.6. The zero-order valence-electron chi connectivity index (χ0n) is 9.15. The number of nitrogens with zero attached hydrogens (tertiary/aromatic N) is 1. The highest BCUT2D eigenvalue weighted by Crippen LogP contribution is 2.16. The first-order valence-corrected chi connectivity index (χ1v) is 6.12. The highest BCUT2D eigenvalue weighted by atomic mass is 127. The maximum Gasteiger partial charge on any atom is 0.258 e. The summed E-state index contributed by atoms with van der Waals surface area (Å²) in [7, 11) is 0. The van der Waals surface area contributed by atoms with Crippen LogP contribution in [0.15, 0.2) is 36.5 Å². The number of amides is 1. The van der Waals surface area contributed by atoms with Crippen LogP contribution in [0.1, 0.15) is 10.4 Å². The number of halogens is 2. The average molecular weight is 357 g/mol. The van der Waals surface area contributed by atoms with Gasteiger partial charge in [-0.05, 0) is 46.9 Å². The number of carbonyl (C=O) groups is 1. The van der Waals surface area contributed by atoms with E-state index >= 15 is 0 Å². The number of nitrogen functional groups attached to an aromatic ring is 1. The van der Waals surface area contributed by atoms with Crippen molar-refractivity contribution in [1.29, 1.82) is 0 Å². The first-order chi connectivity index (χ1) is 8.58. The molecule has 0 fully saturated rings. The van der Waals surface area contributed by atoms with Crippen LogP contribution in [0.25, 0.3) is 0 Å². The van der Waals surface area contributed by atoms with Crippen LogP contribution < -0.4 is 11.1 Å². The molecule has 0 unspecified atom stereocenters. The lowest BCUT2D eigenvalue weighted by Crippen LogP contribution is -2.15. The number of pyridine rings is 1. The molecule has 0 aliphatic rings. The molecule has 0 aliphatic heterocycles. The van der Waals surface area contributed by atoms with Gasteiger partial charge in [-0.15, -0.1) is 0 Å². The molecule has 0 atom stereocenters. The molecule has 18 heavy (non-hydrogen) atoms. The van der Waals surface area contributed by atoms with E-state index in [-0.39, 0.29) is 11.4 Å². The molecule has 1 amide bonds. The van der Waals surface area contributed by atoms with Crippen molar-refractivity contribution in [2.24, 2.45) is 0 Å². The Bertz CT molecular complexity index is 604. The van der Waals surface area contributed by atoms with Gasteiger partial charge in [-0.3, -0.25) is 4.79 Å². The fourth-order valence-corrected chi connectivity index (χ4v) is 1.94. The van der Waals surface area contributed by atoms with Crippen LogP contribution in [0.5, 0.6) is 0 Å². The summed E-state index contributed by atoms with van der Waals surface area (Å²) in [5, 5.41) is 2.60. The summed E-state index contributed by atoms with van der Waals surface area (Å²) in [6.45, 7) is 0. The molecule has 1 heterocycles. The Morgan fingerprint density at radius 2 is 2.17 bits per heavy atom. The first kappa shape index (κ1) is 12.7. The highest BCUT2D eigenvalue weighted by molar-refractivity contribution is 14.1. The zero-order valence-corrected chi connectivity index (χ0v) is 11.3. The van der Waals surface area contributed by atoms with Gasteiger partial charge in [-0.2, -0.15) is 0 Å². The molecule has 92 valence electrons. The third-order valence-electron chi connectivity index (χ3n) is 2.24. The zero-order chi connectivity index (χ0) is 13.1. The van der Waals surface area contributed by atoms with Crippen molar-refractivity contribution >= 4 is 40.0 Å². The summed E-state index contributed by atoms with van der Waals surface area (Å²) in [5.41, 5.74) is 5.78. The van der Waals surface area contributed by atoms with Gasteiger partial charge in [0.25, 0.3) is 5.91 Å². The van der Waals surface area contributed by atoms with Crippen LogP contribution in [0.3, 0.4) is 0 Å². The summed E-state index contributed by atoms with van der Waals surface area (Å²) in [6, 6.07) is 8.48. The molecule has 2 aromatic rings. The summed E-state index contributed by atoms with van der Waals surface area (Å²) < 4.78 is 14.6. The van der Waals surface area contributed by atoms with E-state index in [2.05, 4.69) is 32.9 Å². The number of benzene rings is 1. The fraction of sp³-hybridized carbons (Fsp3) is 0. The number of carbonyl (C=O) groups excluding carboxylic acids is 1. The Morgan fingerprint density at radius 1 is 1.39 bits per heavy atom. The van der Waals surface area contributed by atoms with E-state index in [9.17, 15) is 9.18 Å². The molecule has 2 rings (SSSR count). The lowest BCUT2D eigenvalue weighted by molar-refractivity contribution is 0.102. The third-order valence-corrected chi connectivity index (χ3v) is 2.91. The quantitative estimate of drug-likeness (QED) is 0.813. The van der Waals surface area contributed by atoms with E-state index in [0.717, 1.165) is 3.57 Å². The van der Waals surface area contributed by atoms with Crippen molar-refractivity contribution in [2.45, 2.75) is 0 Å². The van der Waals surface area contributed by atoms with Crippen LogP contribution in [-0.2, 0) is 0 Å². The summed E-state index contributed by atoms with van der Waals surface area (Å²) >= 11 is 2.12. The van der Waals surface area contributed by atoms with Crippen molar-refractivity contribution in [3.05, 3.63) is 51.5 Å². The third kappa shape index (κ3) is 2.76. The van der Waals surface area contributed by atoms with Gasteiger partial charge in [0.15, 0.2) is 11.6 Å². The van der Waals surface area contributed by atoms with Crippen molar-refractivity contribution < 1.29 is 9.18 Å². The van der Waals surface area contributed by atoms with Gasteiger partial charge in [0.05, 0.1) is 5.56 Å². The summed E-state index contributed by atoms with van der Waals surface area (Å²) in [5.74, 6) is -1.64. The van der Waals surface area contributed by atoms with E-state index in [4.69, 9.17) is 5.73 Å². The van der Waals surface area contributed by atoms with Crippen LogP contribution in [0.4, 0.5) is 15.9 Å². The second-order valence-electron chi connectivity index (χ2n) is 3.52. The molecule has 0 saturated heterocycles. The second kappa shape index (κ2) is 5.30. The number of anilines is 2. The Kier molecular flexibility index (Phi) is 3.75. The van der Waals surface area contributed by atoms with Crippen LogP contribution in [0, 0.1) is 9.39 Å². The van der Waals surface area contributed by atoms with Gasteiger partial charge in [0, 0.05) is 15.5 Å². The SMILES string of the molecule is Nc1nccc(C(=O)Nc2cccc(I)c2)c1F. The standard InChI is InChI=1S/C12H9FIN3O/c13-10-9(4-5-16-11(10)15)12(18)17-8-3-1-2-7(14)6-8/h1-6H,(H2,15,16)(H,17,18). The van der Waals surface area contributed by atoms with Crippen molar-refractivity contribution in [3.8, 4) is 0 Å². The number of aromatic nitrogens is 1. The first-order valence-electron chi connectivity index (χ1n) is 5.05. The Morgan fingerprint density at radius 3 is 2.89 bits per heavy atom. The van der Waals surface area contributed by atoms with Gasteiger partial charge in [-0.25, -0.2) is 9.37 Å². The van der Waals surface area contributed by atoms with Gasteiger partial charge in [0.2, 0.25) is 0 Å². The predicted octanol–water partition coefficient (Wildman–Crippen LogP) is 2.66. The minimum Gasteiger partial charge on any atom is -0.381 e. The monoisotopic (exact) mass is 357 g/mol. The smallest absolute Gasteiger partial charge is 0.258 e. The molecule has 4 nitrogen and oxygen atoms in total. The largest absolute Gasteiger partial charge is 0.381 e. The highest BCUT2D eigenvalue weighted by Gasteiger charge is 2.14. The van der Waals surface area contributed by atoms with Crippen LogP contribution >= 0.6 is 22.6 Å². The summed E-state index contributed by atoms with van der Waals surface area (Å²) in [4.78, 5) is 15.4. The van der Waals surface area contributed by atoms with Crippen LogP contribution in [-0.4, -0.2) is 10.9 Å². The van der Waals surface area contributed by atoms with Gasteiger partial charge in [0.1, 0.15) is 0 Å². The van der Waals surface area contributed by atoms with E-state index in [0.29, 0.717) is 5.69 Å². The van der Waals surface area contributed by atoms with E-state index < -0.39 is 11.7 Å². The number of nitrogens with two attached hydrogens (primary N) is 1. The van der Waals surface area contributed by atoms with Crippen molar-refractivity contribution in [3.63, 3.8) is 0 Å². The van der Waals surface area contributed by atoms with Gasteiger partial charge < -0.3 is 11.1 Å². The van der Waals surface area contributed by atoms with E-state index in [1.165, 1.54) is 12.3 Å². The van der Waals surface area contributed by atoms with E-state index in [1.54, 1.807) is 18.2 Å². The Hall–Kier alpha value is -1.70. The minimum absolute atomic E-state index is 0.124. The van der Waals surface area contributed by atoms with E-state index in [1.807, 2.05) is 6.07 Å². The summed E-state index contributed by atoms with van der Waals surface area (Å²) in [6.07, 6.45) is 1.29. The van der Waals surface area contributed by atoms with Gasteiger partial charge in [-0.1, -0.05) is 6.07 Å². The molecule has 0 saturated carbocycles. The molecule has 0 radical (unpaired) electrons. The van der Waals surface area contributed by atoms with Crippen molar-refractivity contribution in [2.75, 3.05) is 11.1 Å². The average Bonchev–Trinajstić information content (AvgIpc) is 2.32. The lowest BCUT2D eigenvalue weighted by atomic mass is 10.2. The molecular formula is C12H9FIN3O. The number of nitrogens with one attached hydrogen (secondary N) is 1. The fourth-order valence-electron chi connectivity index (χ4n) is 1.40. The Balaban J connectivity index is 2.25. The molecular weight excluding hydrogens is 348 g/mol. The number of rotatable bonds is 2. The molecule has 6 heteroatoms. The molecule has 1 aromatic carbocycles. The maximum atomic E-state index is 13.6. The van der Waals surface area contributed by atoms with Crippen LogP contribution in [0.2, 0.25) is 0 Å². The molecule has 1 aromatic heterocycles. The number of hydrogen-bond donors (Lipinski definition) is 2. The topological polar surface area (TPSA) is 68.0 Å². The lowest BCUT2D eigenvalue weighted by Gasteiger charge is -2.07. The molecule has 0 spiro atoms. The molecule has 0 aliphatic carbocycles.